The van der Waals surface area contributed by atoms with Crippen LogP contribution in [0.2, 0.25) is 0 Å². The fraction of sp³-hybridized carbons (Fsp3) is 0.600. The number of hydrogen-bond acceptors (Lipinski definition) is 25. The SMILES string of the molecule is CCCCCCCCCCCCCCCC(=O)NS(=O)(=O)CCCC(=O)NCC(=O)N[C@@H](CO)C(=O)N[C@@H](CCC(N)=O)C(=O)N[C@@H](Cc1cnc[nH]1)C(=O)N[C@@H](CN)C(=O)N[C@@H](CCCC)C(N)=O.CN[C@H]1CCSSC(C)(C)[C@@H](C(N)=O)NC(=O)[C@H](Cc2c[nH]c3ccccc23)NC(=O)[C@H](CCCN=C(N)N)NC(=O)[C@@H](Cc2ccccc2)NC(=O)[C@H](CC(N)=O)NC1=O. The number of benzene rings is 2. The van der Waals surface area contributed by atoms with E-state index in [1.54, 1.807) is 57.4 Å². The maximum absolute atomic E-state index is 14.4. The summed E-state index contributed by atoms with van der Waals surface area (Å²) in [5.41, 5.74) is 41.5. The van der Waals surface area contributed by atoms with Gasteiger partial charge >= 0.3 is 0 Å². The molecule has 3 heterocycles. The maximum Gasteiger partial charge on any atom is 0.245 e. The van der Waals surface area contributed by atoms with Crippen molar-refractivity contribution in [3.05, 3.63) is 90.1 Å². The second kappa shape index (κ2) is 60.5. The van der Waals surface area contributed by atoms with Crippen molar-refractivity contribution in [2.75, 3.05) is 44.8 Å². The van der Waals surface area contributed by atoms with E-state index in [1.165, 1.54) is 85.5 Å². The number of nitrogens with zero attached hydrogens (tertiary/aromatic N) is 2. The number of imidazole rings is 1. The van der Waals surface area contributed by atoms with Crippen molar-refractivity contribution >= 4 is 143 Å². The number of aliphatic hydroxyl groups is 1. The lowest BCUT2D eigenvalue weighted by molar-refractivity contribution is -0.135. The molecule has 728 valence electrons. The number of likely N-dealkylation sites (N-methyl/N-ethyl adjacent to an activating group) is 1. The van der Waals surface area contributed by atoms with Crippen molar-refractivity contribution < 1.29 is 90.2 Å². The second-order valence-corrected chi connectivity index (χ2v) is 37.3. The molecular formula is C85H136N24O19S3. The van der Waals surface area contributed by atoms with Crippen LogP contribution in [0.3, 0.4) is 0 Å². The number of amides is 16. The lowest BCUT2D eigenvalue weighted by Gasteiger charge is -2.33. The molecule has 43 nitrogen and oxygen atoms in total. The van der Waals surface area contributed by atoms with Crippen LogP contribution < -0.4 is 109 Å². The van der Waals surface area contributed by atoms with Crippen LogP contribution in [-0.4, -0.2) is 245 Å². The maximum atomic E-state index is 14.4. The molecule has 30 N–H and O–H groups in total. The number of nitrogens with two attached hydrogens (primary N) is 7. The number of carbonyl (C=O) groups is 16. The predicted octanol–water partition coefficient (Wildman–Crippen LogP) is -1.96. The van der Waals surface area contributed by atoms with E-state index < -0.39 is 220 Å². The van der Waals surface area contributed by atoms with Crippen LogP contribution in [0, 0.1) is 0 Å². The van der Waals surface area contributed by atoms with E-state index in [0.29, 0.717) is 41.8 Å². The van der Waals surface area contributed by atoms with Crippen LogP contribution in [-0.2, 0) is 106 Å². The highest BCUT2D eigenvalue weighted by molar-refractivity contribution is 8.77. The van der Waals surface area contributed by atoms with E-state index >= 15 is 0 Å². The van der Waals surface area contributed by atoms with Crippen LogP contribution >= 0.6 is 21.6 Å². The third-order valence-electron chi connectivity index (χ3n) is 21.1. The molecule has 0 radical (unpaired) electrons. The lowest BCUT2D eigenvalue weighted by Crippen LogP contribution is -2.61. The summed E-state index contributed by atoms with van der Waals surface area (Å²) >= 11 is 0. The molecule has 1 aliphatic heterocycles. The van der Waals surface area contributed by atoms with Crippen molar-refractivity contribution in [2.45, 2.75) is 279 Å². The number of carbonyl (C=O) groups excluding carboxylic acids is 16. The number of nitrogens with one attached hydrogen (secondary N) is 15. The molecule has 16 amide bonds. The Balaban J connectivity index is 0.000000553. The van der Waals surface area contributed by atoms with Crippen LogP contribution in [0.25, 0.3) is 10.9 Å². The zero-order valence-electron chi connectivity index (χ0n) is 75.3. The van der Waals surface area contributed by atoms with Gasteiger partial charge in [-0.3, -0.25) is 86.4 Å². The van der Waals surface area contributed by atoms with Gasteiger partial charge in [0.25, 0.3) is 0 Å². The summed E-state index contributed by atoms with van der Waals surface area (Å²) in [4.78, 5) is 224. The van der Waals surface area contributed by atoms with Crippen molar-refractivity contribution in [1.82, 2.24) is 83.5 Å². The number of fused-ring (bicyclic) bond motifs is 1. The first-order chi connectivity index (χ1) is 62.3. The predicted molar refractivity (Wildman–Crippen MR) is 496 cm³/mol. The van der Waals surface area contributed by atoms with Crippen LogP contribution in [0.4, 0.5) is 0 Å². The van der Waals surface area contributed by atoms with Gasteiger partial charge in [-0.1, -0.05) is 174 Å². The molecule has 1 fully saturated rings. The topological polar surface area (TPSA) is 723 Å². The molecule has 5 rings (SSSR count). The van der Waals surface area contributed by atoms with Crippen LogP contribution in [0.1, 0.15) is 205 Å². The van der Waals surface area contributed by atoms with E-state index in [4.69, 9.17) is 40.1 Å². The van der Waals surface area contributed by atoms with Crippen molar-refractivity contribution in [3.63, 3.8) is 0 Å². The summed E-state index contributed by atoms with van der Waals surface area (Å²) in [6.07, 6.45) is 18.9. The number of para-hydroxylation sites is 1. The standard InChI is InChI=1S/C45H80N12O12S.C40H56N12O7S2/c1-3-5-7-8-9-10-11-12-13-14-15-16-17-20-39(61)57-70(68,69)24-18-21-38(60)50-28-40(62)52-36(29-58)45(67)54-33(22-23-37(47)59)42(64)55-34(25-31-27-49-30-51-31)43(65)56-35(26-46)44(66)53-32(41(48)63)19-6-4-2;1-40(2)32(33(42)54)52-38(59)29(19-23-21-47-25-13-8-7-12-24(23)25)50-35(56)27(14-9-16-46-39(43)44)48-36(57)28(18-22-10-5-4-6-11-22)49-37(58)30(20-31(41)53)51-34(55)26(45-3)15-17-60-61-40/h27,30,32-36,58H,3-26,28-29,46H2,1-2H3,(H2,47,59)(H2,48,63)(H,49,51)(H,50,60)(H,52,62)(H,53,66)(H,54,67)(H,55,64)(H,56,65)(H,57,61);4-8,10-13,21,26-30,32,45,47H,9,14-20H2,1-3H3,(H2,41,53)(H2,42,54)(H,48,57)(H,49,58)(H,50,56)(H,51,55)(H,52,59)(H4,43,44,46)/t32-,33-,34-,35-,36-;26-,27-,28+,29-,30-,32+/m00/s1. The Kier molecular flexibility index (Phi) is 51.6. The average molecular weight is 1890 g/mol. The highest BCUT2D eigenvalue weighted by atomic mass is 33.1. The molecule has 1 aliphatic rings. The Hall–Kier alpha value is -11.5. The molecule has 11 atom stereocenters. The molecule has 131 heavy (non-hydrogen) atoms. The summed E-state index contributed by atoms with van der Waals surface area (Å²) in [6, 6.07) is 1.60. The average Bonchev–Trinajstić information content (AvgIpc) is 1.74. The van der Waals surface area contributed by atoms with E-state index in [-0.39, 0.29) is 76.7 Å². The van der Waals surface area contributed by atoms with Gasteiger partial charge in [0.1, 0.15) is 60.4 Å². The van der Waals surface area contributed by atoms with Gasteiger partial charge in [-0.25, -0.2) is 13.4 Å². The number of guanidine groups is 1. The number of aromatic nitrogens is 3. The van der Waals surface area contributed by atoms with Gasteiger partial charge in [-0.05, 0) is 83.0 Å². The monoisotopic (exact) mass is 1890 g/mol. The van der Waals surface area contributed by atoms with Gasteiger partial charge in [0.15, 0.2) is 5.96 Å². The van der Waals surface area contributed by atoms with Crippen molar-refractivity contribution in [3.8, 4) is 0 Å². The summed E-state index contributed by atoms with van der Waals surface area (Å²) in [5, 5.41) is 41.4. The van der Waals surface area contributed by atoms with Gasteiger partial charge < -0.3 is 119 Å². The Bertz CT molecular complexity index is 4500. The number of primary amides is 4. The lowest BCUT2D eigenvalue weighted by atomic mass is 9.99. The van der Waals surface area contributed by atoms with E-state index in [2.05, 4.69) is 90.7 Å². The fourth-order valence-corrected chi connectivity index (χ4v) is 17.6. The molecule has 46 heteroatoms. The Morgan fingerprint density at radius 3 is 1.72 bits per heavy atom. The highest BCUT2D eigenvalue weighted by Gasteiger charge is 2.41. The number of aromatic amines is 2. The normalized spacial score (nSPS) is 18.1. The highest BCUT2D eigenvalue weighted by Crippen LogP contribution is 2.39. The first-order valence-corrected chi connectivity index (χ1v) is 48.2. The zero-order chi connectivity index (χ0) is 97.0. The van der Waals surface area contributed by atoms with Gasteiger partial charge in [0, 0.05) is 91.1 Å². The minimum atomic E-state index is -4.01. The van der Waals surface area contributed by atoms with Crippen LogP contribution in [0.5, 0.6) is 0 Å². The van der Waals surface area contributed by atoms with Gasteiger partial charge in [-0.15, -0.1) is 0 Å². The molecule has 0 bridgehead atoms. The Morgan fingerprint density at radius 1 is 0.573 bits per heavy atom. The fourth-order valence-electron chi connectivity index (χ4n) is 13.8. The number of unbranched alkanes of at least 4 members (excludes halogenated alkanes) is 13. The molecule has 4 aromatic rings. The molecule has 1 saturated heterocycles. The third-order valence-corrected chi connectivity index (χ3v) is 25.8. The number of aliphatic imine (C=N–C) groups is 1. The quantitative estimate of drug-likeness (QED) is 0.00987. The zero-order valence-corrected chi connectivity index (χ0v) is 77.7. The molecule has 2 aromatic heterocycles. The molecular weight excluding hydrogens is 1760 g/mol. The third kappa shape index (κ3) is 43.9. The summed E-state index contributed by atoms with van der Waals surface area (Å²) in [7, 11) is 0.140. The van der Waals surface area contributed by atoms with Crippen molar-refractivity contribution in [1.29, 1.82) is 0 Å². The molecule has 0 aliphatic carbocycles. The van der Waals surface area contributed by atoms with E-state index in [9.17, 15) is 90.2 Å². The minimum absolute atomic E-state index is 0.0155. The molecule has 0 unspecified atom stereocenters. The van der Waals surface area contributed by atoms with Crippen LogP contribution in [0.15, 0.2) is 78.3 Å². The summed E-state index contributed by atoms with van der Waals surface area (Å²) < 4.78 is 25.9. The molecule has 0 saturated carbocycles. The summed E-state index contributed by atoms with van der Waals surface area (Å²) in [5.74, 6) is -13.5. The largest absolute Gasteiger partial charge is 0.394 e. The second-order valence-electron chi connectivity index (χ2n) is 32.4. The number of hydrogen-bond donors (Lipinski definition) is 23. The minimum Gasteiger partial charge on any atom is -0.394 e. The van der Waals surface area contributed by atoms with E-state index in [1.807, 2.05) is 35.9 Å². The first kappa shape index (κ1) is 112. The Morgan fingerprint density at radius 2 is 1.12 bits per heavy atom. The summed E-state index contributed by atoms with van der Waals surface area (Å²) in [6.45, 7) is 5.55. The number of aliphatic hydroxyl groups excluding tert-OH is 1. The van der Waals surface area contributed by atoms with E-state index in [0.717, 1.165) is 36.6 Å². The Labute approximate surface area is 771 Å². The van der Waals surface area contributed by atoms with Gasteiger partial charge in [-0.2, -0.15) is 0 Å². The van der Waals surface area contributed by atoms with Gasteiger partial charge in [0.2, 0.25) is 105 Å². The van der Waals surface area contributed by atoms with Crippen molar-refractivity contribution in [2.24, 2.45) is 45.1 Å². The number of sulfonamides is 1. The van der Waals surface area contributed by atoms with Gasteiger partial charge in [0.05, 0.1) is 37.7 Å². The molecule has 2 aromatic carbocycles. The molecule has 0 spiro atoms. The number of rotatable bonds is 53. The number of H-pyrrole nitrogens is 2. The smallest absolute Gasteiger partial charge is 0.245 e. The first-order valence-electron chi connectivity index (χ1n) is 44.2.